The Kier molecular flexibility index (Phi) is 2.99. The predicted molar refractivity (Wildman–Crippen MR) is 77.8 cm³/mol. The van der Waals surface area contributed by atoms with E-state index in [1.807, 2.05) is 36.4 Å². The molecule has 0 aromatic heterocycles. The van der Waals surface area contributed by atoms with E-state index in [1.165, 1.54) is 0 Å². The van der Waals surface area contributed by atoms with Crippen LogP contribution in [0.15, 0.2) is 42.5 Å². The van der Waals surface area contributed by atoms with Gasteiger partial charge in [0.2, 0.25) is 0 Å². The average molecular weight is 260 g/mol. The van der Waals surface area contributed by atoms with E-state index < -0.39 is 0 Å². The lowest BCUT2D eigenvalue weighted by molar-refractivity contribution is 0.925. The Morgan fingerprint density at radius 1 is 1.00 bits per heavy atom. The molecule has 2 aromatic rings. The molecule has 4 nitrogen and oxygen atoms in total. The summed E-state index contributed by atoms with van der Waals surface area (Å²) in [5.41, 5.74) is 4.07. The molecule has 20 heavy (non-hydrogen) atoms. The Morgan fingerprint density at radius 3 is 2.65 bits per heavy atom. The van der Waals surface area contributed by atoms with Crippen LogP contribution in [-0.4, -0.2) is 13.1 Å². The van der Waals surface area contributed by atoms with Crippen LogP contribution in [0.5, 0.6) is 0 Å². The van der Waals surface area contributed by atoms with Gasteiger partial charge in [0.15, 0.2) is 0 Å². The molecule has 0 aliphatic carbocycles. The smallest absolute Gasteiger partial charge is 0.101 e. The van der Waals surface area contributed by atoms with Crippen LogP contribution in [0.3, 0.4) is 0 Å². The number of benzene rings is 2. The summed E-state index contributed by atoms with van der Waals surface area (Å²) in [6.45, 7) is 1.57. The van der Waals surface area contributed by atoms with Gasteiger partial charge in [-0.3, -0.25) is 0 Å². The summed E-state index contributed by atoms with van der Waals surface area (Å²) in [4.78, 5) is 2.09. The summed E-state index contributed by atoms with van der Waals surface area (Å²) in [5, 5.41) is 21.6. The van der Waals surface area contributed by atoms with Crippen molar-refractivity contribution in [2.75, 3.05) is 23.3 Å². The van der Waals surface area contributed by atoms with Crippen molar-refractivity contribution < 1.29 is 0 Å². The number of hydrogen-bond acceptors (Lipinski definition) is 4. The molecule has 0 bridgehead atoms. The predicted octanol–water partition coefficient (Wildman–Crippen LogP) is 2.99. The number of anilines is 3. The minimum Gasteiger partial charge on any atom is -0.382 e. The molecule has 0 fully saturated rings. The van der Waals surface area contributed by atoms with Gasteiger partial charge < -0.3 is 10.2 Å². The highest BCUT2D eigenvalue weighted by Gasteiger charge is 2.20. The zero-order valence-electron chi connectivity index (χ0n) is 10.8. The van der Waals surface area contributed by atoms with Gasteiger partial charge in [0.1, 0.15) is 6.07 Å². The normalized spacial score (nSPS) is 12.8. The second kappa shape index (κ2) is 4.95. The first kappa shape index (κ1) is 12.1. The molecule has 96 valence electrons. The Hall–Kier alpha value is -2.98. The summed E-state index contributed by atoms with van der Waals surface area (Å²) in [5.74, 6) is 0. The van der Waals surface area contributed by atoms with Gasteiger partial charge in [-0.1, -0.05) is 12.1 Å². The molecule has 3 rings (SSSR count). The number of rotatable bonds is 1. The fourth-order valence-electron chi connectivity index (χ4n) is 2.45. The van der Waals surface area contributed by atoms with Gasteiger partial charge in [0.05, 0.1) is 34.3 Å². The van der Waals surface area contributed by atoms with Gasteiger partial charge in [0, 0.05) is 13.1 Å². The minimum atomic E-state index is 0.617. The highest BCUT2D eigenvalue weighted by molar-refractivity contribution is 5.81. The van der Waals surface area contributed by atoms with E-state index in [9.17, 15) is 5.26 Å². The number of nitrogens with zero attached hydrogens (tertiary/aromatic N) is 3. The zero-order chi connectivity index (χ0) is 13.9. The van der Waals surface area contributed by atoms with Crippen LogP contribution in [0.1, 0.15) is 11.1 Å². The maximum absolute atomic E-state index is 9.25. The van der Waals surface area contributed by atoms with Crippen molar-refractivity contribution in [2.24, 2.45) is 0 Å². The van der Waals surface area contributed by atoms with Crippen molar-refractivity contribution in [3.8, 4) is 12.1 Å². The van der Waals surface area contributed by atoms with E-state index in [0.717, 1.165) is 30.2 Å². The molecule has 4 heteroatoms. The number of hydrogen-bond donors (Lipinski definition) is 1. The molecule has 0 atom stereocenters. The van der Waals surface area contributed by atoms with Crippen molar-refractivity contribution in [3.63, 3.8) is 0 Å². The van der Waals surface area contributed by atoms with Crippen LogP contribution in [-0.2, 0) is 0 Å². The molecule has 0 radical (unpaired) electrons. The number of nitrogens with one attached hydrogen (secondary N) is 1. The van der Waals surface area contributed by atoms with Gasteiger partial charge >= 0.3 is 0 Å². The minimum absolute atomic E-state index is 0.617. The van der Waals surface area contributed by atoms with Gasteiger partial charge in [-0.15, -0.1) is 0 Å². The van der Waals surface area contributed by atoms with Crippen LogP contribution in [0.25, 0.3) is 0 Å². The summed E-state index contributed by atoms with van der Waals surface area (Å²) >= 11 is 0. The lowest BCUT2D eigenvalue weighted by Crippen LogP contribution is -2.30. The molecule has 0 saturated carbocycles. The Bertz CT molecular complexity index is 737. The molecule has 0 spiro atoms. The monoisotopic (exact) mass is 260 g/mol. The van der Waals surface area contributed by atoms with Crippen molar-refractivity contribution in [3.05, 3.63) is 53.6 Å². The van der Waals surface area contributed by atoms with Crippen molar-refractivity contribution in [1.82, 2.24) is 0 Å². The average Bonchev–Trinajstić information content (AvgIpc) is 2.53. The molecule has 1 heterocycles. The first-order valence-electron chi connectivity index (χ1n) is 6.38. The molecular formula is C16H12N4. The Morgan fingerprint density at radius 2 is 1.85 bits per heavy atom. The lowest BCUT2D eigenvalue weighted by atomic mass is 10.1. The van der Waals surface area contributed by atoms with Crippen LogP contribution in [0.4, 0.5) is 17.1 Å². The zero-order valence-corrected chi connectivity index (χ0v) is 10.8. The maximum Gasteiger partial charge on any atom is 0.101 e. The molecule has 2 aromatic carbocycles. The third-order valence-electron chi connectivity index (χ3n) is 3.38. The van der Waals surface area contributed by atoms with Crippen molar-refractivity contribution in [1.29, 1.82) is 10.5 Å². The largest absolute Gasteiger partial charge is 0.382 e. The maximum atomic E-state index is 9.25. The van der Waals surface area contributed by atoms with E-state index in [-0.39, 0.29) is 0 Å². The van der Waals surface area contributed by atoms with Gasteiger partial charge in [0.25, 0.3) is 0 Å². The molecule has 0 saturated heterocycles. The molecule has 1 aliphatic heterocycles. The van der Waals surface area contributed by atoms with E-state index >= 15 is 0 Å². The van der Waals surface area contributed by atoms with Crippen LogP contribution in [0.2, 0.25) is 0 Å². The second-order valence-corrected chi connectivity index (χ2v) is 4.55. The third-order valence-corrected chi connectivity index (χ3v) is 3.38. The fraction of sp³-hybridized carbons (Fsp3) is 0.125. The number of fused-ring (bicyclic) bond motifs is 1. The first-order chi connectivity index (χ1) is 9.83. The lowest BCUT2D eigenvalue weighted by Gasteiger charge is -2.32. The van der Waals surface area contributed by atoms with E-state index in [0.29, 0.717) is 11.1 Å². The number of nitriles is 2. The Labute approximate surface area is 117 Å². The van der Waals surface area contributed by atoms with Crippen LogP contribution in [0, 0.1) is 22.7 Å². The van der Waals surface area contributed by atoms with Crippen molar-refractivity contribution >= 4 is 17.1 Å². The van der Waals surface area contributed by atoms with E-state index in [1.54, 1.807) is 6.07 Å². The van der Waals surface area contributed by atoms with Crippen molar-refractivity contribution in [2.45, 2.75) is 0 Å². The second-order valence-electron chi connectivity index (χ2n) is 4.55. The quantitative estimate of drug-likeness (QED) is 0.856. The van der Waals surface area contributed by atoms with Gasteiger partial charge in [-0.2, -0.15) is 10.5 Å². The van der Waals surface area contributed by atoms with E-state index in [4.69, 9.17) is 5.26 Å². The van der Waals surface area contributed by atoms with E-state index in [2.05, 4.69) is 22.4 Å². The highest BCUT2D eigenvalue weighted by atomic mass is 15.2. The molecular weight excluding hydrogens is 248 g/mol. The van der Waals surface area contributed by atoms with Gasteiger partial charge in [-0.05, 0) is 30.3 Å². The summed E-state index contributed by atoms with van der Waals surface area (Å²) in [6.07, 6.45) is 0. The SMILES string of the molecule is N#Cc1ccc2c(c1)N(c1ccccc1C#N)CCN2. The highest BCUT2D eigenvalue weighted by Crippen LogP contribution is 2.36. The standard InChI is InChI=1S/C16H12N4/c17-10-12-5-6-14-16(9-12)20(8-7-19-14)15-4-2-1-3-13(15)11-18/h1-6,9,19H,7-8H2. The summed E-state index contributed by atoms with van der Waals surface area (Å²) in [6, 6.07) is 17.5. The molecule has 0 amide bonds. The number of para-hydroxylation sites is 1. The first-order valence-corrected chi connectivity index (χ1v) is 6.38. The van der Waals surface area contributed by atoms with Crippen LogP contribution < -0.4 is 10.2 Å². The molecule has 1 aliphatic rings. The van der Waals surface area contributed by atoms with Crippen LogP contribution >= 0.6 is 0 Å². The molecule has 1 N–H and O–H groups in total. The summed E-state index contributed by atoms with van der Waals surface area (Å²) < 4.78 is 0. The Balaban J connectivity index is 2.15. The fourth-order valence-corrected chi connectivity index (χ4v) is 2.45. The third kappa shape index (κ3) is 1.94. The molecule has 0 unspecified atom stereocenters. The summed E-state index contributed by atoms with van der Waals surface area (Å²) in [7, 11) is 0. The topological polar surface area (TPSA) is 62.9 Å². The van der Waals surface area contributed by atoms with Gasteiger partial charge in [-0.25, -0.2) is 0 Å².